The summed E-state index contributed by atoms with van der Waals surface area (Å²) in [5, 5.41) is -0.124. The van der Waals surface area contributed by atoms with E-state index in [1.54, 1.807) is 0 Å². The maximum absolute atomic E-state index is 13.7. The summed E-state index contributed by atoms with van der Waals surface area (Å²) in [6.45, 7) is 2.17. The maximum Gasteiger partial charge on any atom is 0.275 e. The van der Waals surface area contributed by atoms with Gasteiger partial charge in [0.15, 0.2) is 0 Å². The summed E-state index contributed by atoms with van der Waals surface area (Å²) in [5.41, 5.74) is 6.33. The van der Waals surface area contributed by atoms with Gasteiger partial charge in [0.25, 0.3) is 5.91 Å². The zero-order valence-corrected chi connectivity index (χ0v) is 17.4. The Balaban J connectivity index is 1.83. The van der Waals surface area contributed by atoms with E-state index < -0.39 is 23.4 Å². The van der Waals surface area contributed by atoms with Gasteiger partial charge in [-0.05, 0) is 49.3 Å². The van der Waals surface area contributed by atoms with E-state index in [1.165, 1.54) is 23.1 Å². The molecule has 1 aliphatic carbocycles. The first-order chi connectivity index (χ1) is 14.3. The minimum absolute atomic E-state index is 0.124. The third-order valence-corrected chi connectivity index (χ3v) is 6.39. The predicted molar refractivity (Wildman–Crippen MR) is 114 cm³/mol. The molecule has 2 aromatic rings. The molecule has 0 radical (unpaired) electrons. The van der Waals surface area contributed by atoms with Crippen LogP contribution in [0.3, 0.4) is 0 Å². The molecule has 0 saturated heterocycles. The van der Waals surface area contributed by atoms with Gasteiger partial charge in [0.1, 0.15) is 23.2 Å². The molecule has 1 atom stereocenters. The lowest BCUT2D eigenvalue weighted by Crippen LogP contribution is -2.53. The van der Waals surface area contributed by atoms with E-state index in [9.17, 15) is 14.0 Å². The molecule has 0 bridgehead atoms. The Hall–Kier alpha value is -2.73. The number of amides is 2. The highest BCUT2D eigenvalue weighted by Crippen LogP contribution is 2.45. The van der Waals surface area contributed by atoms with Crippen LogP contribution in [0.25, 0.3) is 0 Å². The van der Waals surface area contributed by atoms with Crippen molar-refractivity contribution in [3.05, 3.63) is 70.5 Å². The van der Waals surface area contributed by atoms with Crippen LogP contribution in [0.1, 0.15) is 49.8 Å². The van der Waals surface area contributed by atoms with Gasteiger partial charge in [-0.1, -0.05) is 54.9 Å². The number of nitrogens with two attached hydrogens (primary N) is 1. The third-order valence-electron chi connectivity index (χ3n) is 6.10. The maximum atomic E-state index is 13.7. The molecule has 2 N–H and O–H groups in total. The van der Waals surface area contributed by atoms with Crippen molar-refractivity contribution >= 4 is 29.1 Å². The monoisotopic (exact) mass is 427 g/mol. The summed E-state index contributed by atoms with van der Waals surface area (Å²) in [5.74, 6) is -1.14. The van der Waals surface area contributed by atoms with Gasteiger partial charge in [-0.15, -0.1) is 0 Å². The standard InChI is InChI=1S/C23H23ClFN3O2/c1-14-9-11-23(12-10-14)27-19(15-5-3-2-4-6-15)22(30)28(23)20(21(26)29)16-7-8-18(25)17(24)13-16/h2-8,13-14,20H,9-12H2,1H3,(H2,26,29). The van der Waals surface area contributed by atoms with Crippen LogP contribution in [0.15, 0.2) is 53.5 Å². The average Bonchev–Trinajstić information content (AvgIpc) is 3.00. The van der Waals surface area contributed by atoms with Gasteiger partial charge < -0.3 is 5.73 Å². The number of rotatable bonds is 4. The summed E-state index contributed by atoms with van der Waals surface area (Å²) in [6.07, 6.45) is 3.03. The number of primary amides is 1. The Bertz CT molecular complexity index is 1020. The fraction of sp³-hybridized carbons (Fsp3) is 0.348. The lowest BCUT2D eigenvalue weighted by molar-refractivity contribution is -0.141. The molecule has 1 heterocycles. The molecule has 0 aromatic heterocycles. The van der Waals surface area contributed by atoms with Crippen molar-refractivity contribution in [1.82, 2.24) is 4.90 Å². The fourth-order valence-corrected chi connectivity index (χ4v) is 4.64. The van der Waals surface area contributed by atoms with E-state index in [0.717, 1.165) is 12.8 Å². The Morgan fingerprint density at radius 3 is 2.50 bits per heavy atom. The Morgan fingerprint density at radius 1 is 1.23 bits per heavy atom. The molecule has 1 fully saturated rings. The van der Waals surface area contributed by atoms with Crippen LogP contribution in [0, 0.1) is 11.7 Å². The van der Waals surface area contributed by atoms with Crippen LogP contribution in [0.4, 0.5) is 4.39 Å². The van der Waals surface area contributed by atoms with Gasteiger partial charge in [0.2, 0.25) is 5.91 Å². The first kappa shape index (κ1) is 20.5. The number of hydrogen-bond acceptors (Lipinski definition) is 3. The number of hydrogen-bond donors (Lipinski definition) is 1. The zero-order valence-electron chi connectivity index (χ0n) is 16.6. The number of carbonyl (C=O) groups excluding carboxylic acids is 2. The average molecular weight is 428 g/mol. The van der Waals surface area contributed by atoms with Gasteiger partial charge >= 0.3 is 0 Å². The van der Waals surface area contributed by atoms with Crippen molar-refractivity contribution in [2.24, 2.45) is 16.6 Å². The Morgan fingerprint density at radius 2 is 1.90 bits per heavy atom. The number of benzene rings is 2. The first-order valence-corrected chi connectivity index (χ1v) is 10.4. The van der Waals surface area contributed by atoms with E-state index in [1.807, 2.05) is 30.3 Å². The third kappa shape index (κ3) is 3.49. The summed E-state index contributed by atoms with van der Waals surface area (Å²) in [6, 6.07) is 12.1. The summed E-state index contributed by atoms with van der Waals surface area (Å²) in [7, 11) is 0. The molecule has 7 heteroatoms. The van der Waals surface area contributed by atoms with Crippen LogP contribution in [-0.4, -0.2) is 28.1 Å². The van der Waals surface area contributed by atoms with E-state index in [2.05, 4.69) is 6.92 Å². The minimum atomic E-state index is -1.09. The van der Waals surface area contributed by atoms with Crippen molar-refractivity contribution in [3.63, 3.8) is 0 Å². The zero-order chi connectivity index (χ0) is 21.5. The lowest BCUT2D eigenvalue weighted by Gasteiger charge is -2.43. The first-order valence-electron chi connectivity index (χ1n) is 10.1. The van der Waals surface area contributed by atoms with Crippen molar-refractivity contribution in [2.45, 2.75) is 44.3 Å². The van der Waals surface area contributed by atoms with Crippen molar-refractivity contribution in [2.75, 3.05) is 0 Å². The van der Waals surface area contributed by atoms with Crippen molar-refractivity contribution in [1.29, 1.82) is 0 Å². The van der Waals surface area contributed by atoms with E-state index in [0.29, 0.717) is 35.6 Å². The van der Waals surface area contributed by atoms with E-state index in [4.69, 9.17) is 22.3 Å². The number of carbonyl (C=O) groups is 2. The van der Waals surface area contributed by atoms with E-state index >= 15 is 0 Å². The second-order valence-corrected chi connectivity index (χ2v) is 8.55. The highest BCUT2D eigenvalue weighted by Gasteiger charge is 2.53. The molecule has 1 spiro atoms. The Kier molecular flexibility index (Phi) is 5.36. The molecule has 1 aliphatic heterocycles. The smallest absolute Gasteiger partial charge is 0.275 e. The van der Waals surface area contributed by atoms with Gasteiger partial charge in [0, 0.05) is 5.56 Å². The summed E-state index contributed by atoms with van der Waals surface area (Å²) < 4.78 is 13.7. The van der Waals surface area contributed by atoms with Crippen molar-refractivity contribution < 1.29 is 14.0 Å². The molecule has 2 aliphatic rings. The molecule has 2 amide bonds. The second-order valence-electron chi connectivity index (χ2n) is 8.15. The van der Waals surface area contributed by atoms with Gasteiger partial charge in [0.05, 0.1) is 5.02 Å². The van der Waals surface area contributed by atoms with Gasteiger partial charge in [-0.2, -0.15) is 0 Å². The molecule has 1 saturated carbocycles. The SMILES string of the molecule is CC1CCC2(CC1)N=C(c1ccccc1)C(=O)N2C(C(N)=O)c1ccc(F)c(Cl)c1. The molecule has 1 unspecified atom stereocenters. The van der Waals surface area contributed by atoms with Crippen molar-refractivity contribution in [3.8, 4) is 0 Å². The largest absolute Gasteiger partial charge is 0.368 e. The van der Waals surface area contributed by atoms with Crippen LogP contribution < -0.4 is 5.73 Å². The van der Waals surface area contributed by atoms with Crippen LogP contribution in [0.2, 0.25) is 5.02 Å². The van der Waals surface area contributed by atoms with Crippen LogP contribution in [-0.2, 0) is 9.59 Å². The van der Waals surface area contributed by atoms with Crippen LogP contribution >= 0.6 is 11.6 Å². The molecule has 5 nitrogen and oxygen atoms in total. The Labute approximate surface area is 179 Å². The number of halogens is 2. The highest BCUT2D eigenvalue weighted by molar-refractivity contribution is 6.47. The van der Waals surface area contributed by atoms with Gasteiger partial charge in [-0.3, -0.25) is 19.5 Å². The lowest BCUT2D eigenvalue weighted by atomic mass is 9.81. The number of aliphatic imine (C=N–C) groups is 1. The number of nitrogens with zero attached hydrogens (tertiary/aromatic N) is 2. The van der Waals surface area contributed by atoms with Crippen LogP contribution in [0.5, 0.6) is 0 Å². The summed E-state index contributed by atoms with van der Waals surface area (Å²) >= 11 is 5.97. The molecular formula is C23H23ClFN3O2. The minimum Gasteiger partial charge on any atom is -0.368 e. The second kappa shape index (κ2) is 7.84. The molecule has 4 rings (SSSR count). The fourth-order valence-electron chi connectivity index (χ4n) is 4.45. The quantitative estimate of drug-likeness (QED) is 0.792. The normalized spacial score (nSPS) is 24.8. The highest BCUT2D eigenvalue weighted by atomic mass is 35.5. The molecule has 30 heavy (non-hydrogen) atoms. The molecule has 156 valence electrons. The molecular weight excluding hydrogens is 405 g/mol. The summed E-state index contributed by atoms with van der Waals surface area (Å²) in [4.78, 5) is 32.6. The van der Waals surface area contributed by atoms with E-state index in [-0.39, 0.29) is 10.9 Å². The van der Waals surface area contributed by atoms with Gasteiger partial charge in [-0.25, -0.2) is 4.39 Å². The predicted octanol–water partition coefficient (Wildman–Crippen LogP) is 4.24. The topological polar surface area (TPSA) is 75.8 Å². The molecule has 2 aromatic carbocycles.